The van der Waals surface area contributed by atoms with Gasteiger partial charge in [-0.3, -0.25) is 9.98 Å². The molecule has 22 heavy (non-hydrogen) atoms. The fraction of sp³-hybridized carbons (Fsp3) is 0.867. The van der Waals surface area contributed by atoms with Gasteiger partial charge in [0.15, 0.2) is 5.96 Å². The van der Waals surface area contributed by atoms with Crippen molar-refractivity contribution in [2.24, 2.45) is 9.98 Å². The van der Waals surface area contributed by atoms with Crippen LogP contribution in [0.2, 0.25) is 0 Å². The fourth-order valence-electron chi connectivity index (χ4n) is 3.42. The van der Waals surface area contributed by atoms with Crippen molar-refractivity contribution in [2.75, 3.05) is 52.9 Å². The molecule has 4 rings (SSSR count). The first-order valence-corrected chi connectivity index (χ1v) is 8.42. The third-order valence-corrected chi connectivity index (χ3v) is 4.46. The number of nitrogens with zero attached hydrogens (tertiary/aromatic N) is 5. The van der Waals surface area contributed by atoms with E-state index in [2.05, 4.69) is 31.7 Å². The summed E-state index contributed by atoms with van der Waals surface area (Å²) in [6.07, 6.45) is 6.36. The van der Waals surface area contributed by atoms with E-state index in [1.807, 2.05) is 0 Å². The fourth-order valence-corrected chi connectivity index (χ4v) is 3.42. The van der Waals surface area contributed by atoms with Gasteiger partial charge in [-0.05, 0) is 25.7 Å². The van der Waals surface area contributed by atoms with Gasteiger partial charge in [-0.25, -0.2) is 0 Å². The van der Waals surface area contributed by atoms with E-state index in [-0.39, 0.29) is 0 Å². The molecular formula is C15H29BN6. The zero-order chi connectivity index (χ0) is 16.5. The number of aliphatic imine (C=N–C) groups is 2. The van der Waals surface area contributed by atoms with Crippen LogP contribution in [0.25, 0.3) is 0 Å². The summed E-state index contributed by atoms with van der Waals surface area (Å²) in [5, 5.41) is 5.75. The van der Waals surface area contributed by atoms with Gasteiger partial charge in [-0.2, -0.15) is 0 Å². The van der Waals surface area contributed by atoms with E-state index in [0.717, 1.165) is 13.1 Å². The first-order chi connectivity index (χ1) is 11.3. The van der Waals surface area contributed by atoms with Crippen molar-refractivity contribution in [3.8, 4) is 0 Å². The monoisotopic (exact) mass is 305 g/mol. The molecule has 4 aliphatic rings. The van der Waals surface area contributed by atoms with Crippen molar-refractivity contribution in [1.29, 1.82) is 6.65 Å². The molecule has 7 heteroatoms. The van der Waals surface area contributed by atoms with E-state index in [1.54, 1.807) is 0 Å². The molecule has 0 saturated carbocycles. The topological polar surface area (TPSA) is 58.3 Å². The van der Waals surface area contributed by atoms with Crippen molar-refractivity contribution >= 4 is 19.4 Å². The van der Waals surface area contributed by atoms with Crippen molar-refractivity contribution in [2.45, 2.75) is 32.1 Å². The Hall–Kier alpha value is -1.40. The molecule has 6 nitrogen and oxygen atoms in total. The third-order valence-electron chi connectivity index (χ3n) is 4.46. The second-order valence-corrected chi connectivity index (χ2v) is 6.04. The van der Waals surface area contributed by atoms with Crippen molar-refractivity contribution < 1.29 is 0 Å². The summed E-state index contributed by atoms with van der Waals surface area (Å²) in [7, 11) is 2.64. The molecule has 0 unspecified atom stereocenters. The molecule has 4 aliphatic heterocycles. The number of rotatable bonds is 0. The Morgan fingerprint density at radius 1 is 0.955 bits per heavy atom. The Balaban J connectivity index is 0.000000145. The molecular weight excluding hydrogens is 275 g/mol. The number of hydrogen-bond acceptors (Lipinski definition) is 6. The molecule has 0 aromatic heterocycles. The molecule has 2 fully saturated rings. The van der Waals surface area contributed by atoms with Gasteiger partial charge >= 0.3 is 14.3 Å². The van der Waals surface area contributed by atoms with Crippen LogP contribution in [0.5, 0.6) is 0 Å². The van der Waals surface area contributed by atoms with Crippen LogP contribution >= 0.6 is 0 Å². The Labute approximate surface area is 136 Å². The Kier molecular flexibility index (Phi) is 6.27. The van der Waals surface area contributed by atoms with E-state index in [9.17, 15) is 0 Å². The van der Waals surface area contributed by atoms with Gasteiger partial charge in [0.2, 0.25) is 0 Å². The standard InChI is InChI=1S/C8H15N3.C7H12N2.BH2N/c1-10-5-3-7-11-6-2-4-9-8(10)11;1-3-7-8-4-2-6-9(7)5-1;1-2/h2-7H2,1H3;1-6H2;1-2H/i;;1D. The summed E-state index contributed by atoms with van der Waals surface area (Å²) in [6, 6.07) is 0. The van der Waals surface area contributed by atoms with E-state index in [4.69, 9.17) is 6.65 Å². The molecule has 122 valence electrons. The van der Waals surface area contributed by atoms with Crippen LogP contribution in [0.3, 0.4) is 0 Å². The zero-order valence-electron chi connectivity index (χ0n) is 14.8. The quantitative estimate of drug-likeness (QED) is 0.677. The molecule has 0 bridgehead atoms. The SMILES string of the molecule is C1CN=C2CCCN2C1.CN1CCCN2CCCN=C12.[2H]B=N. The second kappa shape index (κ2) is 8.91. The molecule has 1 N–H and O–H groups in total. The molecule has 0 aromatic carbocycles. The van der Waals surface area contributed by atoms with Gasteiger partial charge in [0, 0.05) is 59.3 Å². The predicted molar refractivity (Wildman–Crippen MR) is 93.3 cm³/mol. The van der Waals surface area contributed by atoms with Crippen LogP contribution in [0.1, 0.15) is 32.1 Å². The van der Waals surface area contributed by atoms with Gasteiger partial charge in [-0.1, -0.05) is 0 Å². The predicted octanol–water partition coefficient (Wildman–Crippen LogP) is 0.918. The Morgan fingerprint density at radius 2 is 1.59 bits per heavy atom. The van der Waals surface area contributed by atoms with Crippen molar-refractivity contribution in [3.63, 3.8) is 0 Å². The average Bonchev–Trinajstić information content (AvgIpc) is 3.05. The molecule has 0 aliphatic carbocycles. The van der Waals surface area contributed by atoms with Gasteiger partial charge in [0.1, 0.15) is 0 Å². The summed E-state index contributed by atoms with van der Waals surface area (Å²) >= 11 is 0. The molecule has 0 atom stereocenters. The first-order valence-electron chi connectivity index (χ1n) is 9.00. The maximum absolute atomic E-state index is 5.75. The normalized spacial score (nSPS) is 23.3. The van der Waals surface area contributed by atoms with Crippen LogP contribution in [-0.2, 0) is 0 Å². The van der Waals surface area contributed by atoms with E-state index in [0.29, 0.717) is 7.60 Å². The molecule has 4 heterocycles. The zero-order valence-corrected chi connectivity index (χ0v) is 13.8. The van der Waals surface area contributed by atoms with Crippen LogP contribution in [0.4, 0.5) is 0 Å². The molecule has 0 amide bonds. The summed E-state index contributed by atoms with van der Waals surface area (Å²) in [5.41, 5.74) is 0. The van der Waals surface area contributed by atoms with Crippen LogP contribution < -0.4 is 0 Å². The van der Waals surface area contributed by atoms with E-state index in [1.165, 1.54) is 76.6 Å². The van der Waals surface area contributed by atoms with Gasteiger partial charge in [0.05, 0.1) is 5.84 Å². The summed E-state index contributed by atoms with van der Waals surface area (Å²) < 4.78 is 5.75. The van der Waals surface area contributed by atoms with Crippen molar-refractivity contribution in [1.82, 2.24) is 14.7 Å². The van der Waals surface area contributed by atoms with Crippen LogP contribution in [0, 0.1) is 5.31 Å². The molecule has 0 spiro atoms. The number of fused-ring (bicyclic) bond motifs is 2. The van der Waals surface area contributed by atoms with E-state index < -0.39 is 0 Å². The number of hydrogen-bond donors (Lipinski definition) is 1. The Morgan fingerprint density at radius 3 is 2.32 bits per heavy atom. The third kappa shape index (κ3) is 4.30. The second-order valence-electron chi connectivity index (χ2n) is 6.04. The Bertz CT molecular complexity index is 442. The van der Waals surface area contributed by atoms with Gasteiger partial charge in [0.25, 0.3) is 0 Å². The number of nitrogens with one attached hydrogen (secondary N) is 1. The maximum atomic E-state index is 5.75. The summed E-state index contributed by atoms with van der Waals surface area (Å²) in [6.45, 7) is 8.22. The van der Waals surface area contributed by atoms with Crippen LogP contribution in [0.15, 0.2) is 9.98 Å². The number of amidine groups is 1. The number of guanidine groups is 1. The van der Waals surface area contributed by atoms with Gasteiger partial charge in [-0.15, -0.1) is 0 Å². The molecule has 2 saturated heterocycles. The minimum atomic E-state index is 0.500. The van der Waals surface area contributed by atoms with Crippen LogP contribution in [-0.4, -0.2) is 88.3 Å². The first kappa shape index (κ1) is 15.5. The average molecular weight is 305 g/mol. The minimum absolute atomic E-state index is 0.500. The van der Waals surface area contributed by atoms with Crippen molar-refractivity contribution in [3.05, 3.63) is 0 Å². The van der Waals surface area contributed by atoms with Gasteiger partial charge < -0.3 is 14.7 Å². The van der Waals surface area contributed by atoms with E-state index >= 15 is 0 Å². The molecule has 0 radical (unpaired) electrons. The summed E-state index contributed by atoms with van der Waals surface area (Å²) in [4.78, 5) is 16.0. The summed E-state index contributed by atoms with van der Waals surface area (Å²) in [5.74, 6) is 2.60. The molecule has 0 aromatic rings.